The molecule has 1 fully saturated rings. The van der Waals surface area contributed by atoms with Crippen molar-refractivity contribution in [2.75, 3.05) is 19.9 Å². The molecule has 0 radical (unpaired) electrons. The molecule has 1 N–H and O–H groups in total. The van der Waals surface area contributed by atoms with Crippen molar-refractivity contribution in [2.45, 2.75) is 25.0 Å². The van der Waals surface area contributed by atoms with Crippen LogP contribution in [0, 0.1) is 5.92 Å². The third kappa shape index (κ3) is 2.76. The summed E-state index contributed by atoms with van der Waals surface area (Å²) in [5.74, 6) is -0.990. The van der Waals surface area contributed by atoms with Crippen molar-refractivity contribution in [3.8, 4) is 11.5 Å². The molecule has 23 heavy (non-hydrogen) atoms. The first-order chi connectivity index (χ1) is 10.8. The Morgan fingerprint density at radius 1 is 1.26 bits per heavy atom. The Kier molecular flexibility index (Phi) is 3.97. The van der Waals surface area contributed by atoms with Crippen LogP contribution in [0.15, 0.2) is 18.2 Å². The summed E-state index contributed by atoms with van der Waals surface area (Å²) in [6, 6.07) is 5.25. The van der Waals surface area contributed by atoms with E-state index in [0.29, 0.717) is 11.5 Å². The average Bonchev–Trinajstić information content (AvgIpc) is 3.13. The van der Waals surface area contributed by atoms with Gasteiger partial charge >= 0.3 is 5.97 Å². The number of hydrogen-bond acceptors (Lipinski definition) is 5. The number of carboxylic acids is 1. The second-order valence-corrected chi connectivity index (χ2v) is 8.56. The van der Waals surface area contributed by atoms with E-state index in [2.05, 4.69) is 0 Å². The summed E-state index contributed by atoms with van der Waals surface area (Å²) >= 11 is 0. The molecule has 2 aliphatic rings. The predicted octanol–water partition coefficient (Wildman–Crippen LogP) is 1.25. The van der Waals surface area contributed by atoms with Crippen molar-refractivity contribution in [2.24, 2.45) is 5.92 Å². The van der Waals surface area contributed by atoms with Crippen LogP contribution in [0.4, 0.5) is 0 Å². The first-order valence-corrected chi connectivity index (χ1v) is 8.92. The van der Waals surface area contributed by atoms with Crippen LogP contribution in [0.1, 0.15) is 25.3 Å². The van der Waals surface area contributed by atoms with E-state index in [-0.39, 0.29) is 19.9 Å². The number of carbonyl (C=O) groups is 1. The van der Waals surface area contributed by atoms with E-state index in [1.165, 1.54) is 4.31 Å². The van der Waals surface area contributed by atoms with Crippen LogP contribution in [0.2, 0.25) is 0 Å². The van der Waals surface area contributed by atoms with Crippen LogP contribution in [0.3, 0.4) is 0 Å². The van der Waals surface area contributed by atoms with Crippen molar-refractivity contribution in [1.82, 2.24) is 4.31 Å². The Hall–Kier alpha value is -1.80. The molecule has 8 heteroatoms. The first-order valence-electron chi connectivity index (χ1n) is 7.42. The highest BCUT2D eigenvalue weighted by Gasteiger charge is 2.44. The lowest BCUT2D eigenvalue weighted by Gasteiger charge is -2.19. The summed E-state index contributed by atoms with van der Waals surface area (Å²) in [5.41, 5.74) is 0.753. The molecule has 3 rings (SSSR count). The van der Waals surface area contributed by atoms with Crippen molar-refractivity contribution in [3.05, 3.63) is 23.8 Å². The number of ether oxygens (including phenoxy) is 2. The number of hydrogen-bond donors (Lipinski definition) is 1. The lowest BCUT2D eigenvalue weighted by Crippen LogP contribution is -2.35. The van der Waals surface area contributed by atoms with Gasteiger partial charge in [-0.05, 0) is 31.5 Å². The summed E-state index contributed by atoms with van der Waals surface area (Å²) in [5, 5.41) is 8.91. The summed E-state index contributed by atoms with van der Waals surface area (Å²) < 4.78 is 36.6. The van der Waals surface area contributed by atoms with Gasteiger partial charge in [-0.1, -0.05) is 6.07 Å². The number of benzene rings is 1. The molecule has 126 valence electrons. The third-order valence-electron chi connectivity index (χ3n) is 4.38. The number of carboxylic acid groups (broad SMARTS) is 1. The molecule has 0 amide bonds. The maximum atomic E-state index is 12.4. The van der Waals surface area contributed by atoms with E-state index < -0.39 is 33.1 Å². The van der Waals surface area contributed by atoms with Gasteiger partial charge in [0.15, 0.2) is 11.5 Å². The zero-order chi connectivity index (χ0) is 16.8. The van der Waals surface area contributed by atoms with Gasteiger partial charge in [-0.15, -0.1) is 0 Å². The minimum atomic E-state index is -3.48. The van der Waals surface area contributed by atoms with Gasteiger partial charge in [-0.25, -0.2) is 12.7 Å². The molecule has 1 saturated heterocycles. The number of sulfonamides is 1. The van der Waals surface area contributed by atoms with Crippen molar-refractivity contribution < 1.29 is 27.8 Å². The monoisotopic (exact) mass is 341 g/mol. The second kappa shape index (κ2) is 5.68. The maximum Gasteiger partial charge on any atom is 0.308 e. The molecule has 0 spiro atoms. The molecule has 2 atom stereocenters. The first kappa shape index (κ1) is 16.1. The lowest BCUT2D eigenvalue weighted by atomic mass is 9.89. The number of aliphatic carboxylic acids is 1. The van der Waals surface area contributed by atoms with E-state index in [0.717, 1.165) is 5.56 Å². The molecule has 2 aliphatic heterocycles. The zero-order valence-electron chi connectivity index (χ0n) is 12.9. The van der Waals surface area contributed by atoms with Crippen molar-refractivity contribution >= 4 is 16.0 Å². The van der Waals surface area contributed by atoms with Crippen LogP contribution in [0.5, 0.6) is 11.5 Å². The molecule has 0 aliphatic carbocycles. The van der Waals surface area contributed by atoms with E-state index in [4.69, 9.17) is 9.47 Å². The van der Waals surface area contributed by atoms with Crippen molar-refractivity contribution in [1.29, 1.82) is 0 Å². The van der Waals surface area contributed by atoms with Gasteiger partial charge in [-0.2, -0.15) is 0 Å². The highest BCUT2D eigenvalue weighted by molar-refractivity contribution is 7.89. The quantitative estimate of drug-likeness (QED) is 0.886. The zero-order valence-corrected chi connectivity index (χ0v) is 13.7. The molecule has 0 saturated carbocycles. The Morgan fingerprint density at radius 3 is 2.61 bits per heavy atom. The second-order valence-electron chi connectivity index (χ2n) is 6.07. The van der Waals surface area contributed by atoms with Gasteiger partial charge in [0, 0.05) is 19.0 Å². The lowest BCUT2D eigenvalue weighted by molar-refractivity contribution is -0.141. The fraction of sp³-hybridized carbons (Fsp3) is 0.533. The van der Waals surface area contributed by atoms with Crippen LogP contribution in [-0.4, -0.2) is 48.9 Å². The molecular weight excluding hydrogens is 322 g/mol. The van der Waals surface area contributed by atoms with Gasteiger partial charge in [0.2, 0.25) is 16.8 Å². The molecule has 0 unspecified atom stereocenters. The third-order valence-corrected chi connectivity index (χ3v) is 6.59. The molecule has 0 aromatic heterocycles. The molecule has 2 heterocycles. The van der Waals surface area contributed by atoms with Gasteiger partial charge in [0.1, 0.15) is 0 Å². The number of fused-ring (bicyclic) bond motifs is 1. The largest absolute Gasteiger partial charge is 0.481 e. The molecular formula is C15H19NO6S. The van der Waals surface area contributed by atoms with Crippen LogP contribution >= 0.6 is 0 Å². The summed E-state index contributed by atoms with van der Waals surface area (Å²) in [6.07, 6.45) is 0. The van der Waals surface area contributed by atoms with E-state index in [1.807, 2.05) is 0 Å². The normalized spacial score (nSPS) is 24.3. The predicted molar refractivity (Wildman–Crippen MR) is 82.1 cm³/mol. The van der Waals surface area contributed by atoms with Crippen LogP contribution in [-0.2, 0) is 14.8 Å². The molecule has 0 bridgehead atoms. The summed E-state index contributed by atoms with van der Waals surface area (Å²) in [4.78, 5) is 11.6. The molecule has 7 nitrogen and oxygen atoms in total. The molecule has 1 aromatic rings. The highest BCUT2D eigenvalue weighted by Crippen LogP contribution is 2.40. The standard InChI is InChI=1S/C15H19NO6S/c1-9(2)23(19,20)16-6-11(12(7-16)15(17)18)10-3-4-13-14(5-10)22-8-21-13/h3-5,9,11-12H,6-8H2,1-2H3,(H,17,18)/t11-,12+/m1/s1. The van der Waals surface area contributed by atoms with E-state index in [9.17, 15) is 18.3 Å². The molecule has 1 aromatic carbocycles. The van der Waals surface area contributed by atoms with Gasteiger partial charge in [0.05, 0.1) is 11.2 Å². The maximum absolute atomic E-state index is 12.4. The average molecular weight is 341 g/mol. The van der Waals surface area contributed by atoms with Gasteiger partial charge in [-0.3, -0.25) is 4.79 Å². The minimum absolute atomic E-state index is 0.00500. The van der Waals surface area contributed by atoms with Gasteiger partial charge in [0.25, 0.3) is 0 Å². The Bertz CT molecular complexity index is 729. The summed E-state index contributed by atoms with van der Waals surface area (Å²) in [7, 11) is -3.48. The number of rotatable bonds is 4. The minimum Gasteiger partial charge on any atom is -0.481 e. The smallest absolute Gasteiger partial charge is 0.308 e. The Morgan fingerprint density at radius 2 is 1.96 bits per heavy atom. The topological polar surface area (TPSA) is 93.1 Å². The van der Waals surface area contributed by atoms with E-state index >= 15 is 0 Å². The van der Waals surface area contributed by atoms with Crippen LogP contribution in [0.25, 0.3) is 0 Å². The SMILES string of the molecule is CC(C)S(=O)(=O)N1C[C@H](C(=O)O)[C@@H](c2ccc3c(c2)OCO3)C1. The van der Waals surface area contributed by atoms with Crippen LogP contribution < -0.4 is 9.47 Å². The van der Waals surface area contributed by atoms with E-state index in [1.54, 1.807) is 32.0 Å². The fourth-order valence-electron chi connectivity index (χ4n) is 3.01. The Labute approximate surface area is 134 Å². The highest BCUT2D eigenvalue weighted by atomic mass is 32.2. The summed E-state index contributed by atoms with van der Waals surface area (Å²) in [6.45, 7) is 3.49. The van der Waals surface area contributed by atoms with Gasteiger partial charge < -0.3 is 14.6 Å². The van der Waals surface area contributed by atoms with Crippen molar-refractivity contribution in [3.63, 3.8) is 0 Å². The Balaban J connectivity index is 1.92. The number of nitrogens with zero attached hydrogens (tertiary/aromatic N) is 1. The fourth-order valence-corrected chi connectivity index (χ4v) is 4.34.